The normalized spacial score (nSPS) is 16.4. The molecular formula is C20H24N2O3S. The standard InChI is InChI=1S/C20H24N2O3S/c1-4-15-6-8-17(9-7-15)21-26(24,25)18-10-11-19-16(13-18)12-14(3)22(19)20(23)5-2/h6-11,13-14,21H,4-5,12H2,1-3H3/t14-/m0/s1. The molecule has 0 saturated heterocycles. The van der Waals surface area contributed by atoms with Gasteiger partial charge in [0.15, 0.2) is 0 Å². The summed E-state index contributed by atoms with van der Waals surface area (Å²) in [6, 6.07) is 12.4. The smallest absolute Gasteiger partial charge is 0.261 e. The van der Waals surface area contributed by atoms with E-state index in [1.54, 1.807) is 35.2 Å². The second-order valence-corrected chi connectivity index (χ2v) is 8.30. The minimum atomic E-state index is -3.67. The number of nitrogens with zero attached hydrogens (tertiary/aromatic N) is 1. The Morgan fingerprint density at radius 3 is 2.46 bits per heavy atom. The van der Waals surface area contributed by atoms with Gasteiger partial charge in [-0.15, -0.1) is 0 Å². The Morgan fingerprint density at radius 1 is 1.15 bits per heavy atom. The van der Waals surface area contributed by atoms with Gasteiger partial charge in [-0.3, -0.25) is 9.52 Å². The van der Waals surface area contributed by atoms with Crippen molar-refractivity contribution >= 4 is 27.3 Å². The quantitative estimate of drug-likeness (QED) is 0.869. The van der Waals surface area contributed by atoms with Gasteiger partial charge in [-0.05, 0) is 61.2 Å². The molecule has 0 saturated carbocycles. The highest BCUT2D eigenvalue weighted by molar-refractivity contribution is 7.92. The van der Waals surface area contributed by atoms with E-state index in [0.29, 0.717) is 18.5 Å². The first-order valence-corrected chi connectivity index (χ1v) is 10.4. The molecule has 2 aromatic carbocycles. The van der Waals surface area contributed by atoms with Crippen molar-refractivity contribution in [1.29, 1.82) is 0 Å². The van der Waals surface area contributed by atoms with Crippen LogP contribution in [-0.4, -0.2) is 20.4 Å². The van der Waals surface area contributed by atoms with Crippen LogP contribution in [0.15, 0.2) is 47.4 Å². The van der Waals surface area contributed by atoms with Crippen molar-refractivity contribution in [3.8, 4) is 0 Å². The van der Waals surface area contributed by atoms with Crippen molar-refractivity contribution in [3.63, 3.8) is 0 Å². The predicted molar refractivity (Wildman–Crippen MR) is 104 cm³/mol. The molecule has 0 unspecified atom stereocenters. The number of sulfonamides is 1. The number of anilines is 2. The Balaban J connectivity index is 1.88. The number of rotatable bonds is 5. The topological polar surface area (TPSA) is 66.5 Å². The lowest BCUT2D eigenvalue weighted by molar-refractivity contribution is -0.118. The van der Waals surface area contributed by atoms with Gasteiger partial charge in [-0.2, -0.15) is 0 Å². The lowest BCUT2D eigenvalue weighted by atomic mass is 10.1. The van der Waals surface area contributed by atoms with Gasteiger partial charge in [0.1, 0.15) is 0 Å². The van der Waals surface area contributed by atoms with Gasteiger partial charge in [0.05, 0.1) is 4.90 Å². The summed E-state index contributed by atoms with van der Waals surface area (Å²) >= 11 is 0. The van der Waals surface area contributed by atoms with Crippen LogP contribution < -0.4 is 9.62 Å². The van der Waals surface area contributed by atoms with Crippen LogP contribution in [0.1, 0.15) is 38.3 Å². The molecule has 5 nitrogen and oxygen atoms in total. The van der Waals surface area contributed by atoms with E-state index in [0.717, 1.165) is 23.2 Å². The Hall–Kier alpha value is -2.34. The largest absolute Gasteiger partial charge is 0.309 e. The van der Waals surface area contributed by atoms with Crippen LogP contribution in [0, 0.1) is 0 Å². The summed E-state index contributed by atoms with van der Waals surface area (Å²) in [6.07, 6.45) is 2.00. The molecule has 0 bridgehead atoms. The predicted octanol–water partition coefficient (Wildman–Crippen LogP) is 3.74. The molecule has 1 heterocycles. The zero-order valence-corrected chi connectivity index (χ0v) is 16.1. The van der Waals surface area contributed by atoms with E-state index in [1.165, 1.54) is 0 Å². The number of nitrogens with one attached hydrogen (secondary N) is 1. The van der Waals surface area contributed by atoms with Crippen molar-refractivity contribution in [3.05, 3.63) is 53.6 Å². The number of carbonyl (C=O) groups is 1. The van der Waals surface area contributed by atoms with Crippen molar-refractivity contribution in [2.45, 2.75) is 51.0 Å². The molecule has 6 heteroatoms. The number of aryl methyl sites for hydroxylation is 1. The van der Waals surface area contributed by atoms with Crippen LogP contribution in [0.25, 0.3) is 0 Å². The molecule has 1 atom stereocenters. The summed E-state index contributed by atoms with van der Waals surface area (Å²) < 4.78 is 28.1. The average Bonchev–Trinajstić information content (AvgIpc) is 2.96. The molecule has 1 N–H and O–H groups in total. The summed E-state index contributed by atoms with van der Waals surface area (Å²) in [5.74, 6) is 0.0565. The van der Waals surface area contributed by atoms with Crippen molar-refractivity contribution in [2.75, 3.05) is 9.62 Å². The number of amides is 1. The van der Waals surface area contributed by atoms with Gasteiger partial charge in [-0.1, -0.05) is 26.0 Å². The van der Waals surface area contributed by atoms with Crippen molar-refractivity contribution in [2.24, 2.45) is 0 Å². The Morgan fingerprint density at radius 2 is 1.85 bits per heavy atom. The van der Waals surface area contributed by atoms with Crippen LogP contribution in [0.5, 0.6) is 0 Å². The van der Waals surface area contributed by atoms with Gasteiger partial charge in [-0.25, -0.2) is 8.42 Å². The van der Waals surface area contributed by atoms with Crippen LogP contribution in [-0.2, 0) is 27.7 Å². The molecule has 0 spiro atoms. The lowest BCUT2D eigenvalue weighted by Crippen LogP contribution is -2.35. The highest BCUT2D eigenvalue weighted by atomic mass is 32.2. The lowest BCUT2D eigenvalue weighted by Gasteiger charge is -2.22. The Kier molecular flexibility index (Phi) is 5.05. The number of hydrogen-bond donors (Lipinski definition) is 1. The molecule has 0 aliphatic carbocycles. The molecule has 0 radical (unpaired) electrons. The van der Waals surface area contributed by atoms with Gasteiger partial charge in [0, 0.05) is 23.8 Å². The minimum absolute atomic E-state index is 0.0463. The molecule has 1 aliphatic rings. The number of carbonyl (C=O) groups excluding carboxylic acids is 1. The van der Waals surface area contributed by atoms with Crippen molar-refractivity contribution < 1.29 is 13.2 Å². The highest BCUT2D eigenvalue weighted by Crippen LogP contribution is 2.34. The maximum Gasteiger partial charge on any atom is 0.261 e. The molecule has 138 valence electrons. The first-order chi connectivity index (χ1) is 12.4. The molecule has 1 amide bonds. The molecule has 26 heavy (non-hydrogen) atoms. The number of hydrogen-bond acceptors (Lipinski definition) is 3. The summed E-state index contributed by atoms with van der Waals surface area (Å²) in [6.45, 7) is 5.87. The summed E-state index contributed by atoms with van der Waals surface area (Å²) in [4.78, 5) is 14.1. The highest BCUT2D eigenvalue weighted by Gasteiger charge is 2.31. The van der Waals surface area contributed by atoms with Gasteiger partial charge in [0.25, 0.3) is 10.0 Å². The average molecular weight is 372 g/mol. The zero-order valence-electron chi connectivity index (χ0n) is 15.3. The maximum absolute atomic E-state index is 12.7. The van der Waals surface area contributed by atoms with Gasteiger partial charge >= 0.3 is 0 Å². The van der Waals surface area contributed by atoms with E-state index >= 15 is 0 Å². The fourth-order valence-electron chi connectivity index (χ4n) is 3.35. The molecule has 2 aromatic rings. The van der Waals surface area contributed by atoms with E-state index in [1.807, 2.05) is 26.0 Å². The Labute approximate surface area is 155 Å². The Bertz CT molecular complexity index is 921. The third kappa shape index (κ3) is 3.46. The monoisotopic (exact) mass is 372 g/mol. The second kappa shape index (κ2) is 7.11. The first-order valence-electron chi connectivity index (χ1n) is 8.92. The number of fused-ring (bicyclic) bond motifs is 1. The van der Waals surface area contributed by atoms with E-state index in [4.69, 9.17) is 0 Å². The maximum atomic E-state index is 12.7. The van der Waals surface area contributed by atoms with Crippen LogP contribution in [0.2, 0.25) is 0 Å². The summed E-state index contributed by atoms with van der Waals surface area (Å²) in [7, 11) is -3.67. The van der Waals surface area contributed by atoms with E-state index in [9.17, 15) is 13.2 Å². The third-order valence-electron chi connectivity index (χ3n) is 4.76. The van der Waals surface area contributed by atoms with Gasteiger partial charge < -0.3 is 4.90 Å². The SMILES string of the molecule is CCC(=O)N1c2ccc(S(=O)(=O)Nc3ccc(CC)cc3)cc2C[C@@H]1C. The fourth-order valence-corrected chi connectivity index (χ4v) is 4.46. The zero-order chi connectivity index (χ0) is 18.9. The first kappa shape index (κ1) is 18.5. The molecular weight excluding hydrogens is 348 g/mol. The van der Waals surface area contributed by atoms with Crippen molar-refractivity contribution in [1.82, 2.24) is 0 Å². The van der Waals surface area contributed by atoms with E-state index in [-0.39, 0.29) is 16.8 Å². The molecule has 0 fully saturated rings. The summed E-state index contributed by atoms with van der Waals surface area (Å²) in [5.41, 5.74) is 3.40. The fraction of sp³-hybridized carbons (Fsp3) is 0.350. The minimum Gasteiger partial charge on any atom is -0.309 e. The van der Waals surface area contributed by atoms with E-state index < -0.39 is 10.0 Å². The summed E-state index contributed by atoms with van der Waals surface area (Å²) in [5, 5.41) is 0. The molecule has 3 rings (SSSR count). The van der Waals surface area contributed by atoms with Crippen LogP contribution in [0.3, 0.4) is 0 Å². The second-order valence-electron chi connectivity index (χ2n) is 6.62. The molecule has 1 aliphatic heterocycles. The van der Waals surface area contributed by atoms with Gasteiger partial charge in [0.2, 0.25) is 5.91 Å². The number of benzene rings is 2. The molecule has 0 aromatic heterocycles. The van der Waals surface area contributed by atoms with E-state index in [2.05, 4.69) is 11.6 Å². The van der Waals surface area contributed by atoms with Crippen LogP contribution in [0.4, 0.5) is 11.4 Å². The van der Waals surface area contributed by atoms with Crippen LogP contribution >= 0.6 is 0 Å². The third-order valence-corrected chi connectivity index (χ3v) is 6.14.